The predicted molar refractivity (Wildman–Crippen MR) is 81.2 cm³/mol. The second kappa shape index (κ2) is 10.3. The number of quaternary nitrogens is 2. The molecule has 0 saturated carbocycles. The molecule has 10 atom stereocenters. The average Bonchev–Trinajstić information content (AvgIpc) is 2.58. The number of aliphatic hydroxyl groups is 5. The highest BCUT2D eigenvalue weighted by molar-refractivity contribution is 5.71. The molecule has 2 rings (SSSR count). The summed E-state index contributed by atoms with van der Waals surface area (Å²) in [6, 6.07) is 0. The van der Waals surface area contributed by atoms with Crippen LogP contribution in [-0.2, 0) is 28.5 Å². The summed E-state index contributed by atoms with van der Waals surface area (Å²) >= 11 is 0. The van der Waals surface area contributed by atoms with Crippen LogP contribution in [0.4, 0.5) is 0 Å². The number of ether oxygens (including phenoxy) is 4. The maximum Gasteiger partial charge on any atom is 0.187 e. The van der Waals surface area contributed by atoms with Crippen molar-refractivity contribution < 1.29 is 64.3 Å². The van der Waals surface area contributed by atoms with E-state index in [1.165, 1.54) is 0 Å². The van der Waals surface area contributed by atoms with Crippen LogP contribution in [0.2, 0.25) is 0 Å². The molecule has 2 aliphatic rings. The Kier molecular flexibility index (Phi) is 9.77. The molecule has 0 aromatic rings. The van der Waals surface area contributed by atoms with Crippen molar-refractivity contribution >= 4 is 11.9 Å². The second-order valence-corrected chi connectivity index (χ2v) is 5.77. The van der Waals surface area contributed by atoms with Gasteiger partial charge in [-0.2, -0.15) is 0 Å². The molecule has 15 nitrogen and oxygen atoms in total. The molecule has 0 spiro atoms. The van der Waals surface area contributed by atoms with Crippen LogP contribution in [0.15, 0.2) is 0 Å². The van der Waals surface area contributed by atoms with E-state index < -0.39 is 73.4 Å². The van der Waals surface area contributed by atoms with Gasteiger partial charge in [0.1, 0.15) is 48.8 Å². The summed E-state index contributed by atoms with van der Waals surface area (Å²) in [5.74, 6) is -3.75. The minimum Gasteiger partial charge on any atom is -0.547 e. The van der Waals surface area contributed by atoms with Crippen molar-refractivity contribution in [3.05, 3.63) is 0 Å². The number of carboxylic acid groups (broad SMARTS) is 2. The fourth-order valence-electron chi connectivity index (χ4n) is 2.75. The van der Waals surface area contributed by atoms with Gasteiger partial charge < -0.3 is 76.6 Å². The Morgan fingerprint density at radius 2 is 1.25 bits per heavy atom. The standard InChI is InChI=1S/C13H20O13.2H3N/c1-23-6-3(15)5(17)13(26-8(6)10(18)19)25-7-2(14)4(16)12(22)24-9(7)11(20)21;;/h2-9,12-17,22H,1H3,(H,18,19)(H,20,21);2*1H3/t2-,3-,4+,5+,6+,7+,8-,9+,12-,13-;;/m1../s1. The minimum absolute atomic E-state index is 0. The van der Waals surface area contributed by atoms with Gasteiger partial charge >= 0.3 is 0 Å². The first-order valence-corrected chi connectivity index (χ1v) is 7.41. The van der Waals surface area contributed by atoms with Gasteiger partial charge in [-0.15, -0.1) is 0 Å². The zero-order chi connectivity index (χ0) is 19.8. The topological polar surface area (TPSA) is 291 Å². The van der Waals surface area contributed by atoms with Gasteiger partial charge in [0.15, 0.2) is 12.6 Å². The molecule has 0 radical (unpaired) electrons. The fourth-order valence-corrected chi connectivity index (χ4v) is 2.75. The second-order valence-electron chi connectivity index (χ2n) is 5.77. The Balaban J connectivity index is 0.00000364. The summed E-state index contributed by atoms with van der Waals surface area (Å²) in [6.45, 7) is 0. The van der Waals surface area contributed by atoms with E-state index in [-0.39, 0.29) is 12.3 Å². The summed E-state index contributed by atoms with van der Waals surface area (Å²) in [4.78, 5) is 22.3. The Hall–Kier alpha value is -1.50. The summed E-state index contributed by atoms with van der Waals surface area (Å²) in [5.41, 5.74) is 0. The van der Waals surface area contributed by atoms with Gasteiger partial charge in [-0.1, -0.05) is 0 Å². The molecule has 2 aliphatic heterocycles. The van der Waals surface area contributed by atoms with Crippen LogP contribution < -0.4 is 22.5 Å². The number of aliphatic carboxylic acids is 2. The van der Waals surface area contributed by atoms with Crippen LogP contribution in [0, 0.1) is 0 Å². The Morgan fingerprint density at radius 3 is 1.71 bits per heavy atom. The van der Waals surface area contributed by atoms with Gasteiger partial charge in [-0.05, 0) is 0 Å². The minimum atomic E-state index is -2.10. The SMILES string of the molecule is CO[C@H]1[C@H](O)[C@H](O)[C@H](O[C@H]2[C@H](O)[C@H](O)[C@H](O)O[C@@H]2C(=O)[O-])O[C@H]1C(=O)[O-].[NH4+].[NH4+]. The van der Waals surface area contributed by atoms with E-state index in [0.717, 1.165) is 7.11 Å². The predicted octanol–water partition coefficient (Wildman–Crippen LogP) is -6.48. The third kappa shape index (κ3) is 4.91. The van der Waals surface area contributed by atoms with Gasteiger partial charge in [0.2, 0.25) is 0 Å². The molecule has 0 aromatic heterocycles. The number of hydrogen-bond donors (Lipinski definition) is 7. The molecular formula is C13H26N2O13. The first-order valence-electron chi connectivity index (χ1n) is 7.41. The Labute approximate surface area is 158 Å². The Bertz CT molecular complexity index is 537. The van der Waals surface area contributed by atoms with Crippen LogP contribution in [-0.4, -0.2) is 106 Å². The fraction of sp³-hybridized carbons (Fsp3) is 0.846. The number of rotatable bonds is 5. The molecular weight excluding hydrogens is 392 g/mol. The van der Waals surface area contributed by atoms with Crippen molar-refractivity contribution in [2.75, 3.05) is 7.11 Å². The zero-order valence-electron chi connectivity index (χ0n) is 15.3. The number of carbonyl (C=O) groups excluding carboxylic acids is 2. The van der Waals surface area contributed by atoms with E-state index in [0.29, 0.717) is 0 Å². The number of hydrogen-bond acceptors (Lipinski definition) is 13. The largest absolute Gasteiger partial charge is 0.547 e. The van der Waals surface area contributed by atoms with Gasteiger partial charge in [-0.25, -0.2) is 0 Å². The maximum atomic E-state index is 11.1. The molecule has 0 amide bonds. The van der Waals surface area contributed by atoms with E-state index in [2.05, 4.69) is 4.74 Å². The number of carboxylic acids is 2. The van der Waals surface area contributed by atoms with Crippen molar-refractivity contribution in [1.29, 1.82) is 0 Å². The van der Waals surface area contributed by atoms with Crippen LogP contribution in [0.1, 0.15) is 0 Å². The summed E-state index contributed by atoms with van der Waals surface area (Å²) in [6.07, 6.45) is -19.3. The quantitative estimate of drug-likeness (QED) is 0.219. The molecule has 2 fully saturated rings. The number of methoxy groups -OCH3 is 1. The lowest BCUT2D eigenvalue weighted by atomic mass is 9.96. The van der Waals surface area contributed by atoms with Crippen molar-refractivity contribution in [3.8, 4) is 0 Å². The lowest BCUT2D eigenvalue weighted by Gasteiger charge is -2.46. The van der Waals surface area contributed by atoms with E-state index in [1.807, 2.05) is 0 Å². The van der Waals surface area contributed by atoms with Crippen LogP contribution >= 0.6 is 0 Å². The smallest absolute Gasteiger partial charge is 0.187 e. The van der Waals surface area contributed by atoms with Crippen LogP contribution in [0.25, 0.3) is 0 Å². The molecule has 0 aliphatic carbocycles. The summed E-state index contributed by atoms with van der Waals surface area (Å²) < 4.78 is 19.3. The summed E-state index contributed by atoms with van der Waals surface area (Å²) in [7, 11) is 1.05. The lowest BCUT2D eigenvalue weighted by molar-refractivity contribution is -0.380. The molecule has 0 bridgehead atoms. The van der Waals surface area contributed by atoms with Crippen molar-refractivity contribution in [1.82, 2.24) is 12.3 Å². The average molecular weight is 418 g/mol. The van der Waals surface area contributed by atoms with Crippen molar-refractivity contribution in [2.24, 2.45) is 0 Å². The van der Waals surface area contributed by atoms with Gasteiger partial charge in [0, 0.05) is 7.11 Å². The molecule has 2 saturated heterocycles. The molecule has 0 aromatic carbocycles. The third-order valence-electron chi connectivity index (χ3n) is 4.14. The van der Waals surface area contributed by atoms with Crippen LogP contribution in [0.5, 0.6) is 0 Å². The van der Waals surface area contributed by atoms with E-state index in [4.69, 9.17) is 14.2 Å². The monoisotopic (exact) mass is 418 g/mol. The van der Waals surface area contributed by atoms with E-state index in [1.54, 1.807) is 0 Å². The number of carbonyl (C=O) groups is 2. The van der Waals surface area contributed by atoms with Gasteiger partial charge in [0.05, 0.1) is 11.9 Å². The van der Waals surface area contributed by atoms with Crippen molar-refractivity contribution in [2.45, 2.75) is 61.4 Å². The molecule has 0 unspecified atom stereocenters. The summed E-state index contributed by atoms with van der Waals surface area (Å²) in [5, 5.41) is 71.1. The highest BCUT2D eigenvalue weighted by atomic mass is 16.7. The Morgan fingerprint density at radius 1 is 0.786 bits per heavy atom. The molecule has 13 N–H and O–H groups in total. The van der Waals surface area contributed by atoms with Gasteiger partial charge in [0.25, 0.3) is 0 Å². The first-order chi connectivity index (χ1) is 12.1. The highest BCUT2D eigenvalue weighted by Gasteiger charge is 2.51. The molecule has 166 valence electrons. The highest BCUT2D eigenvalue weighted by Crippen LogP contribution is 2.29. The third-order valence-corrected chi connectivity index (χ3v) is 4.14. The lowest BCUT2D eigenvalue weighted by Crippen LogP contribution is -2.67. The number of aliphatic hydroxyl groups excluding tert-OH is 5. The first kappa shape index (κ1) is 26.5. The zero-order valence-corrected chi connectivity index (χ0v) is 15.3. The molecule has 2 heterocycles. The van der Waals surface area contributed by atoms with Gasteiger partial charge in [-0.3, -0.25) is 0 Å². The maximum absolute atomic E-state index is 11.1. The van der Waals surface area contributed by atoms with Crippen LogP contribution in [0.3, 0.4) is 0 Å². The molecule has 28 heavy (non-hydrogen) atoms. The van der Waals surface area contributed by atoms with E-state index >= 15 is 0 Å². The van der Waals surface area contributed by atoms with Crippen molar-refractivity contribution in [3.63, 3.8) is 0 Å². The molecule has 15 heteroatoms. The normalized spacial score (nSPS) is 43.4. The van der Waals surface area contributed by atoms with E-state index in [9.17, 15) is 45.3 Å².